The summed E-state index contributed by atoms with van der Waals surface area (Å²) in [5.41, 5.74) is 3.78. The van der Waals surface area contributed by atoms with Gasteiger partial charge in [0, 0.05) is 36.6 Å². The van der Waals surface area contributed by atoms with Gasteiger partial charge in [-0.1, -0.05) is 6.07 Å². The molecule has 0 aliphatic carbocycles. The molecule has 90 valence electrons. The van der Waals surface area contributed by atoms with Crippen LogP contribution in [0.2, 0.25) is 0 Å². The Balaban J connectivity index is 2.17. The van der Waals surface area contributed by atoms with Gasteiger partial charge in [-0.05, 0) is 25.5 Å². The molecule has 0 aromatic carbocycles. The molecule has 4 heteroatoms. The van der Waals surface area contributed by atoms with Crippen molar-refractivity contribution in [2.24, 2.45) is 7.05 Å². The van der Waals surface area contributed by atoms with Crippen molar-refractivity contribution in [3.8, 4) is 0 Å². The monoisotopic (exact) mass is 231 g/mol. The molecule has 0 aliphatic heterocycles. The highest BCUT2D eigenvalue weighted by Crippen LogP contribution is 2.20. The van der Waals surface area contributed by atoms with Crippen molar-refractivity contribution in [2.75, 3.05) is 0 Å². The van der Waals surface area contributed by atoms with Crippen LogP contribution in [-0.2, 0) is 13.5 Å². The molecular formula is C13H17N3O. The lowest BCUT2D eigenvalue weighted by atomic mass is 10.0. The van der Waals surface area contributed by atoms with Crippen LogP contribution in [0.15, 0.2) is 24.5 Å². The minimum atomic E-state index is -0.521. The van der Waals surface area contributed by atoms with E-state index >= 15 is 0 Å². The van der Waals surface area contributed by atoms with E-state index in [0.717, 1.165) is 22.5 Å². The van der Waals surface area contributed by atoms with Gasteiger partial charge in [-0.2, -0.15) is 5.10 Å². The molecule has 0 amide bonds. The van der Waals surface area contributed by atoms with Crippen LogP contribution < -0.4 is 0 Å². The normalized spacial score (nSPS) is 12.7. The second-order valence-corrected chi connectivity index (χ2v) is 4.37. The zero-order chi connectivity index (χ0) is 12.4. The first-order valence-corrected chi connectivity index (χ1v) is 5.66. The Bertz CT molecular complexity index is 519. The molecule has 4 nitrogen and oxygen atoms in total. The van der Waals surface area contributed by atoms with Crippen LogP contribution in [0.4, 0.5) is 0 Å². The average Bonchev–Trinajstić information content (AvgIpc) is 2.63. The second kappa shape index (κ2) is 4.67. The first-order chi connectivity index (χ1) is 8.06. The third-order valence-electron chi connectivity index (χ3n) is 2.81. The zero-order valence-corrected chi connectivity index (χ0v) is 10.4. The average molecular weight is 231 g/mol. The highest BCUT2D eigenvalue weighted by molar-refractivity contribution is 5.25. The topological polar surface area (TPSA) is 50.9 Å². The Morgan fingerprint density at radius 2 is 2.12 bits per heavy atom. The Hall–Kier alpha value is -1.68. The van der Waals surface area contributed by atoms with Crippen LogP contribution in [0.25, 0.3) is 0 Å². The third-order valence-corrected chi connectivity index (χ3v) is 2.81. The Morgan fingerprint density at radius 1 is 1.35 bits per heavy atom. The number of aliphatic hydroxyl groups is 1. The first kappa shape index (κ1) is 11.8. The molecule has 0 aliphatic rings. The number of pyridine rings is 1. The van der Waals surface area contributed by atoms with Crippen molar-refractivity contribution in [3.63, 3.8) is 0 Å². The van der Waals surface area contributed by atoms with E-state index in [9.17, 15) is 5.11 Å². The predicted octanol–water partition coefficient (Wildman–Crippen LogP) is 1.71. The fourth-order valence-corrected chi connectivity index (χ4v) is 1.96. The van der Waals surface area contributed by atoms with Gasteiger partial charge in [0.15, 0.2) is 0 Å². The first-order valence-electron chi connectivity index (χ1n) is 5.66. The molecule has 0 saturated heterocycles. The van der Waals surface area contributed by atoms with Gasteiger partial charge in [0.05, 0.1) is 12.3 Å². The quantitative estimate of drug-likeness (QED) is 0.874. The standard InChI is InChI=1S/C13H17N3O/c1-9-4-5-12(10(2)15-9)13(17)6-11-7-14-16(3)8-11/h4-5,7-8,13,17H,6H2,1-3H3. The van der Waals surface area contributed by atoms with Gasteiger partial charge >= 0.3 is 0 Å². The molecule has 2 rings (SSSR count). The Morgan fingerprint density at radius 3 is 2.71 bits per heavy atom. The second-order valence-electron chi connectivity index (χ2n) is 4.37. The van der Waals surface area contributed by atoms with Crippen LogP contribution in [0, 0.1) is 13.8 Å². The maximum Gasteiger partial charge on any atom is 0.0848 e. The van der Waals surface area contributed by atoms with Gasteiger partial charge in [-0.3, -0.25) is 9.67 Å². The Kier molecular flexibility index (Phi) is 3.24. The smallest absolute Gasteiger partial charge is 0.0848 e. The van der Waals surface area contributed by atoms with E-state index in [1.165, 1.54) is 0 Å². The molecule has 1 unspecified atom stereocenters. The molecule has 0 bridgehead atoms. The summed E-state index contributed by atoms with van der Waals surface area (Å²) >= 11 is 0. The summed E-state index contributed by atoms with van der Waals surface area (Å²) in [6, 6.07) is 3.87. The van der Waals surface area contributed by atoms with Crippen molar-refractivity contribution in [3.05, 3.63) is 47.0 Å². The number of hydrogen-bond acceptors (Lipinski definition) is 3. The van der Waals surface area contributed by atoms with Crippen LogP contribution in [0.5, 0.6) is 0 Å². The van der Waals surface area contributed by atoms with Crippen molar-refractivity contribution in [1.29, 1.82) is 0 Å². The number of hydrogen-bond donors (Lipinski definition) is 1. The van der Waals surface area contributed by atoms with E-state index in [-0.39, 0.29) is 0 Å². The highest BCUT2D eigenvalue weighted by Gasteiger charge is 2.12. The van der Waals surface area contributed by atoms with Gasteiger partial charge in [0.1, 0.15) is 0 Å². The fourth-order valence-electron chi connectivity index (χ4n) is 1.96. The van der Waals surface area contributed by atoms with Crippen molar-refractivity contribution in [1.82, 2.24) is 14.8 Å². The van der Waals surface area contributed by atoms with E-state index in [0.29, 0.717) is 6.42 Å². The van der Waals surface area contributed by atoms with E-state index in [4.69, 9.17) is 0 Å². The van der Waals surface area contributed by atoms with Crippen LogP contribution in [0.1, 0.15) is 28.6 Å². The van der Waals surface area contributed by atoms with Crippen molar-refractivity contribution >= 4 is 0 Å². The largest absolute Gasteiger partial charge is 0.388 e. The van der Waals surface area contributed by atoms with Crippen LogP contribution in [-0.4, -0.2) is 19.9 Å². The minimum absolute atomic E-state index is 0.521. The lowest BCUT2D eigenvalue weighted by Gasteiger charge is -2.12. The van der Waals surface area contributed by atoms with Gasteiger partial charge in [0.25, 0.3) is 0 Å². The number of aryl methyl sites for hydroxylation is 3. The molecule has 0 fully saturated rings. The lowest BCUT2D eigenvalue weighted by molar-refractivity contribution is 0.177. The summed E-state index contributed by atoms with van der Waals surface area (Å²) < 4.78 is 1.74. The summed E-state index contributed by atoms with van der Waals surface area (Å²) in [7, 11) is 1.87. The highest BCUT2D eigenvalue weighted by atomic mass is 16.3. The summed E-state index contributed by atoms with van der Waals surface area (Å²) in [5.74, 6) is 0. The van der Waals surface area contributed by atoms with Crippen LogP contribution in [0.3, 0.4) is 0 Å². The molecule has 0 saturated carbocycles. The SMILES string of the molecule is Cc1ccc(C(O)Cc2cnn(C)c2)c(C)n1. The van der Waals surface area contributed by atoms with E-state index in [1.54, 1.807) is 10.9 Å². The summed E-state index contributed by atoms with van der Waals surface area (Å²) in [4.78, 5) is 4.36. The molecule has 2 aromatic rings. The zero-order valence-electron chi connectivity index (χ0n) is 10.4. The van der Waals surface area contributed by atoms with Crippen molar-refractivity contribution in [2.45, 2.75) is 26.4 Å². The van der Waals surface area contributed by atoms with Gasteiger partial charge in [-0.15, -0.1) is 0 Å². The maximum absolute atomic E-state index is 10.2. The maximum atomic E-state index is 10.2. The molecule has 17 heavy (non-hydrogen) atoms. The molecule has 0 spiro atoms. The molecular weight excluding hydrogens is 214 g/mol. The van der Waals surface area contributed by atoms with Gasteiger partial charge < -0.3 is 5.11 Å². The molecule has 2 heterocycles. The molecule has 0 radical (unpaired) electrons. The number of rotatable bonds is 3. The predicted molar refractivity (Wildman–Crippen MR) is 65.6 cm³/mol. The third kappa shape index (κ3) is 2.71. The minimum Gasteiger partial charge on any atom is -0.388 e. The van der Waals surface area contributed by atoms with Crippen LogP contribution >= 0.6 is 0 Å². The number of nitrogens with zero attached hydrogens (tertiary/aromatic N) is 3. The summed E-state index contributed by atoms with van der Waals surface area (Å²) in [6.45, 7) is 3.87. The number of aliphatic hydroxyl groups excluding tert-OH is 1. The van der Waals surface area contributed by atoms with Crippen molar-refractivity contribution < 1.29 is 5.11 Å². The van der Waals surface area contributed by atoms with Gasteiger partial charge in [-0.25, -0.2) is 0 Å². The molecule has 2 aromatic heterocycles. The number of aromatic nitrogens is 3. The fraction of sp³-hybridized carbons (Fsp3) is 0.385. The summed E-state index contributed by atoms with van der Waals surface area (Å²) in [6.07, 6.45) is 3.74. The van der Waals surface area contributed by atoms with E-state index in [2.05, 4.69) is 10.1 Å². The molecule has 1 atom stereocenters. The van der Waals surface area contributed by atoms with Gasteiger partial charge in [0.2, 0.25) is 0 Å². The van der Waals surface area contributed by atoms with E-state index in [1.807, 2.05) is 39.2 Å². The Labute approximate surface area is 101 Å². The summed E-state index contributed by atoms with van der Waals surface area (Å²) in [5, 5.41) is 14.3. The lowest BCUT2D eigenvalue weighted by Crippen LogP contribution is -2.05. The van der Waals surface area contributed by atoms with E-state index < -0.39 is 6.10 Å². The molecule has 1 N–H and O–H groups in total.